The summed E-state index contributed by atoms with van der Waals surface area (Å²) in [7, 11) is 0. The quantitative estimate of drug-likeness (QED) is 0.238. The van der Waals surface area contributed by atoms with E-state index in [1.165, 1.54) is 6.08 Å². The number of rotatable bonds is 8. The number of halogens is 3. The Bertz CT molecular complexity index is 1220. The molecule has 1 amide bonds. The predicted molar refractivity (Wildman–Crippen MR) is 135 cm³/mol. The highest BCUT2D eigenvalue weighted by atomic mass is 79.9. The van der Waals surface area contributed by atoms with E-state index in [4.69, 9.17) is 32.7 Å². The molecule has 0 aliphatic heterocycles. The summed E-state index contributed by atoms with van der Waals surface area (Å²) in [5, 5.41) is 12.7. The fourth-order valence-corrected chi connectivity index (χ4v) is 3.66. The van der Waals surface area contributed by atoms with E-state index in [-0.39, 0.29) is 10.6 Å². The minimum absolute atomic E-state index is 0.118. The molecule has 0 atom stereocenters. The molecule has 0 saturated carbocycles. The van der Waals surface area contributed by atoms with Crippen LogP contribution >= 0.6 is 39.1 Å². The SMILES string of the molecule is CCOc1cc(/C=C(/C#N)C(=O)Nc2cccc(Cl)c2Cl)c(Br)cc1OCc1ccccc1. The predicted octanol–water partition coefficient (Wildman–Crippen LogP) is 7.28. The van der Waals surface area contributed by atoms with Crippen molar-refractivity contribution < 1.29 is 14.3 Å². The lowest BCUT2D eigenvalue weighted by atomic mass is 10.1. The van der Waals surface area contributed by atoms with Gasteiger partial charge in [-0.2, -0.15) is 5.26 Å². The van der Waals surface area contributed by atoms with E-state index in [0.717, 1.165) is 5.56 Å². The molecule has 8 heteroatoms. The van der Waals surface area contributed by atoms with Gasteiger partial charge in [0.15, 0.2) is 11.5 Å². The first-order chi connectivity index (χ1) is 15.9. The highest BCUT2D eigenvalue weighted by molar-refractivity contribution is 9.10. The normalized spacial score (nSPS) is 10.9. The van der Waals surface area contributed by atoms with Gasteiger partial charge in [0.05, 0.1) is 22.3 Å². The van der Waals surface area contributed by atoms with Gasteiger partial charge in [0, 0.05) is 4.47 Å². The second kappa shape index (κ2) is 11.8. The molecule has 0 aliphatic rings. The van der Waals surface area contributed by atoms with Crippen molar-refractivity contribution in [3.8, 4) is 17.6 Å². The Morgan fingerprint density at radius 3 is 2.52 bits per heavy atom. The topological polar surface area (TPSA) is 71.3 Å². The molecule has 0 aliphatic carbocycles. The number of amides is 1. The Labute approximate surface area is 210 Å². The maximum Gasteiger partial charge on any atom is 0.266 e. The highest BCUT2D eigenvalue weighted by Gasteiger charge is 2.16. The molecule has 3 rings (SSSR count). The van der Waals surface area contributed by atoms with Crippen molar-refractivity contribution in [2.45, 2.75) is 13.5 Å². The van der Waals surface area contributed by atoms with Gasteiger partial charge in [-0.1, -0.05) is 75.5 Å². The summed E-state index contributed by atoms with van der Waals surface area (Å²) in [6.45, 7) is 2.65. The molecule has 33 heavy (non-hydrogen) atoms. The lowest BCUT2D eigenvalue weighted by Gasteiger charge is -2.14. The van der Waals surface area contributed by atoms with Crippen LogP contribution < -0.4 is 14.8 Å². The number of nitriles is 1. The van der Waals surface area contributed by atoms with E-state index in [2.05, 4.69) is 21.2 Å². The zero-order valence-electron chi connectivity index (χ0n) is 17.6. The van der Waals surface area contributed by atoms with Gasteiger partial charge in [-0.15, -0.1) is 0 Å². The summed E-state index contributed by atoms with van der Waals surface area (Å²) in [6.07, 6.45) is 1.46. The van der Waals surface area contributed by atoms with E-state index in [1.807, 2.05) is 43.3 Å². The molecule has 0 radical (unpaired) electrons. The third-order valence-electron chi connectivity index (χ3n) is 4.46. The molecule has 0 fully saturated rings. The minimum Gasteiger partial charge on any atom is -0.490 e. The first-order valence-corrected chi connectivity index (χ1v) is 11.5. The number of carbonyl (C=O) groups is 1. The van der Waals surface area contributed by atoms with Crippen molar-refractivity contribution in [2.24, 2.45) is 0 Å². The number of nitrogens with one attached hydrogen (secondary N) is 1. The fraction of sp³-hybridized carbons (Fsp3) is 0.120. The molecule has 3 aromatic rings. The summed E-state index contributed by atoms with van der Waals surface area (Å²) in [5.41, 5.74) is 1.79. The number of carbonyl (C=O) groups excluding carboxylic acids is 1. The number of ether oxygens (including phenoxy) is 2. The smallest absolute Gasteiger partial charge is 0.266 e. The average molecular weight is 546 g/mol. The fourth-order valence-electron chi connectivity index (χ4n) is 2.87. The molecule has 3 aromatic carbocycles. The van der Waals surface area contributed by atoms with Crippen LogP contribution in [0.4, 0.5) is 5.69 Å². The molecule has 0 spiro atoms. The van der Waals surface area contributed by atoms with Crippen LogP contribution in [-0.2, 0) is 11.4 Å². The van der Waals surface area contributed by atoms with Crippen molar-refractivity contribution in [2.75, 3.05) is 11.9 Å². The zero-order chi connectivity index (χ0) is 23.8. The van der Waals surface area contributed by atoms with Gasteiger partial charge in [0.1, 0.15) is 18.2 Å². The van der Waals surface area contributed by atoms with Crippen LogP contribution in [-0.4, -0.2) is 12.5 Å². The van der Waals surface area contributed by atoms with Crippen LogP contribution in [0.5, 0.6) is 11.5 Å². The summed E-state index contributed by atoms with van der Waals surface area (Å²) in [6, 6.07) is 20.0. The second-order valence-corrected chi connectivity index (χ2v) is 8.39. The standard InChI is InChI=1S/C25H19BrCl2N2O3/c1-2-32-22-12-17(19(26)13-23(22)33-15-16-7-4-3-5-8-16)11-18(14-29)25(31)30-21-10-6-9-20(27)24(21)28/h3-13H,2,15H2,1H3,(H,30,31)/b18-11-. The van der Waals surface area contributed by atoms with E-state index in [0.29, 0.717) is 45.5 Å². The van der Waals surface area contributed by atoms with Gasteiger partial charge in [0.2, 0.25) is 0 Å². The van der Waals surface area contributed by atoms with Gasteiger partial charge in [-0.25, -0.2) is 0 Å². The summed E-state index contributed by atoms with van der Waals surface area (Å²) < 4.78 is 12.3. The first-order valence-electron chi connectivity index (χ1n) is 9.93. The van der Waals surface area contributed by atoms with Gasteiger partial charge < -0.3 is 14.8 Å². The maximum atomic E-state index is 12.7. The van der Waals surface area contributed by atoms with Crippen LogP contribution in [0.2, 0.25) is 10.0 Å². The minimum atomic E-state index is -0.615. The molecule has 0 bridgehead atoms. The van der Waals surface area contributed by atoms with Crippen molar-refractivity contribution >= 4 is 56.8 Å². The van der Waals surface area contributed by atoms with E-state index in [9.17, 15) is 10.1 Å². The van der Waals surface area contributed by atoms with Crippen molar-refractivity contribution in [3.63, 3.8) is 0 Å². The van der Waals surface area contributed by atoms with E-state index < -0.39 is 5.91 Å². The lowest BCUT2D eigenvalue weighted by molar-refractivity contribution is -0.112. The number of hydrogen-bond donors (Lipinski definition) is 1. The van der Waals surface area contributed by atoms with Gasteiger partial charge in [0.25, 0.3) is 5.91 Å². The lowest BCUT2D eigenvalue weighted by Crippen LogP contribution is -2.13. The number of anilines is 1. The largest absolute Gasteiger partial charge is 0.490 e. The highest BCUT2D eigenvalue weighted by Crippen LogP contribution is 2.36. The third-order valence-corrected chi connectivity index (χ3v) is 5.97. The first kappa shape index (κ1) is 24.7. The number of hydrogen-bond acceptors (Lipinski definition) is 4. The van der Waals surface area contributed by atoms with Crippen LogP contribution in [0.3, 0.4) is 0 Å². The third kappa shape index (κ3) is 6.52. The zero-order valence-corrected chi connectivity index (χ0v) is 20.7. The number of nitrogens with zero attached hydrogens (tertiary/aromatic N) is 1. The summed E-state index contributed by atoms with van der Waals surface area (Å²) >= 11 is 15.6. The van der Waals surface area contributed by atoms with Gasteiger partial charge in [-0.3, -0.25) is 4.79 Å². The Balaban J connectivity index is 1.87. The van der Waals surface area contributed by atoms with Crippen LogP contribution in [0.1, 0.15) is 18.1 Å². The molecule has 168 valence electrons. The molecule has 5 nitrogen and oxygen atoms in total. The van der Waals surface area contributed by atoms with Gasteiger partial charge >= 0.3 is 0 Å². The van der Waals surface area contributed by atoms with Crippen molar-refractivity contribution in [1.82, 2.24) is 0 Å². The molecule has 1 N–H and O–H groups in total. The summed E-state index contributed by atoms with van der Waals surface area (Å²) in [4.78, 5) is 12.7. The Hall–Kier alpha value is -2.98. The molecule has 0 aromatic heterocycles. The Morgan fingerprint density at radius 1 is 1.09 bits per heavy atom. The molecule has 0 heterocycles. The van der Waals surface area contributed by atoms with Gasteiger partial charge in [-0.05, 0) is 48.4 Å². The Kier molecular flexibility index (Phi) is 8.79. The molecule has 0 saturated heterocycles. The molecular weight excluding hydrogens is 527 g/mol. The van der Waals surface area contributed by atoms with Crippen LogP contribution in [0.25, 0.3) is 6.08 Å². The molecular formula is C25H19BrCl2N2O3. The maximum absolute atomic E-state index is 12.7. The van der Waals surface area contributed by atoms with E-state index in [1.54, 1.807) is 30.3 Å². The van der Waals surface area contributed by atoms with Crippen LogP contribution in [0, 0.1) is 11.3 Å². The molecule has 0 unspecified atom stereocenters. The second-order valence-electron chi connectivity index (χ2n) is 6.75. The number of benzene rings is 3. The average Bonchev–Trinajstić information content (AvgIpc) is 2.81. The van der Waals surface area contributed by atoms with Crippen LogP contribution in [0.15, 0.2) is 70.7 Å². The van der Waals surface area contributed by atoms with E-state index >= 15 is 0 Å². The van der Waals surface area contributed by atoms with Crippen molar-refractivity contribution in [1.29, 1.82) is 5.26 Å². The van der Waals surface area contributed by atoms with Crippen molar-refractivity contribution in [3.05, 3.63) is 91.9 Å². The summed E-state index contributed by atoms with van der Waals surface area (Å²) in [5.74, 6) is 0.424. The Morgan fingerprint density at radius 2 is 1.82 bits per heavy atom. The monoisotopic (exact) mass is 544 g/mol.